The van der Waals surface area contributed by atoms with Crippen molar-refractivity contribution in [1.29, 1.82) is 0 Å². The summed E-state index contributed by atoms with van der Waals surface area (Å²) in [6.45, 7) is 1.50. The van der Waals surface area contributed by atoms with Gasteiger partial charge in [-0.25, -0.2) is 4.79 Å². The van der Waals surface area contributed by atoms with Gasteiger partial charge in [0, 0.05) is 12.6 Å². The lowest BCUT2D eigenvalue weighted by Gasteiger charge is -2.46. The van der Waals surface area contributed by atoms with E-state index in [9.17, 15) is 31.1 Å². The Morgan fingerprint density at radius 2 is 1.56 bits per heavy atom. The van der Waals surface area contributed by atoms with E-state index in [1.165, 1.54) is 0 Å². The maximum Gasteiger partial charge on any atom is 0.416 e. The molecular weight excluding hydrogens is 488 g/mol. The number of carbonyl (C=O) groups excluding carboxylic acids is 1. The van der Waals surface area contributed by atoms with Crippen LogP contribution >= 0.6 is 0 Å². The van der Waals surface area contributed by atoms with E-state index in [1.54, 1.807) is 17.0 Å². The second kappa shape index (κ2) is 10.3. The van der Waals surface area contributed by atoms with Gasteiger partial charge in [-0.2, -0.15) is 26.3 Å². The van der Waals surface area contributed by atoms with Crippen molar-refractivity contribution in [1.82, 2.24) is 15.5 Å². The summed E-state index contributed by atoms with van der Waals surface area (Å²) in [6, 6.07) is 10.3. The lowest BCUT2D eigenvalue weighted by atomic mass is 9.85. The van der Waals surface area contributed by atoms with Crippen molar-refractivity contribution < 1.29 is 35.9 Å². The third-order valence-electron chi connectivity index (χ3n) is 6.73. The van der Waals surface area contributed by atoms with E-state index in [0.717, 1.165) is 31.5 Å². The topological polar surface area (TPSA) is 53.6 Å². The van der Waals surface area contributed by atoms with Gasteiger partial charge in [-0.05, 0) is 61.7 Å². The van der Waals surface area contributed by atoms with Crippen molar-refractivity contribution >= 4 is 6.03 Å². The van der Waals surface area contributed by atoms with Crippen LogP contribution in [0.5, 0.6) is 0 Å². The number of benzene rings is 2. The first-order chi connectivity index (χ1) is 17.0. The van der Waals surface area contributed by atoms with E-state index < -0.39 is 35.6 Å². The zero-order valence-electron chi connectivity index (χ0n) is 19.4. The zero-order chi connectivity index (χ0) is 26.0. The number of ether oxygens (including phenoxy) is 1. The van der Waals surface area contributed by atoms with Crippen LogP contribution < -0.4 is 10.6 Å². The van der Waals surface area contributed by atoms with E-state index in [4.69, 9.17) is 4.74 Å². The molecule has 0 spiro atoms. The number of halogens is 6. The minimum absolute atomic E-state index is 0.0890. The van der Waals surface area contributed by atoms with E-state index in [2.05, 4.69) is 10.6 Å². The number of nitrogens with one attached hydrogen (secondary N) is 2. The predicted molar refractivity (Wildman–Crippen MR) is 120 cm³/mol. The summed E-state index contributed by atoms with van der Waals surface area (Å²) in [5.41, 5.74) is -3.24. The number of hydrogen-bond acceptors (Lipinski definition) is 3. The fraction of sp³-hybridized carbons (Fsp3) is 0.480. The third kappa shape index (κ3) is 5.95. The molecule has 1 unspecified atom stereocenters. The van der Waals surface area contributed by atoms with Gasteiger partial charge < -0.3 is 20.3 Å². The predicted octanol–water partition coefficient (Wildman–Crippen LogP) is 5.30. The van der Waals surface area contributed by atoms with Crippen LogP contribution in [-0.4, -0.2) is 43.2 Å². The summed E-state index contributed by atoms with van der Waals surface area (Å²) in [7, 11) is 0. The highest BCUT2D eigenvalue weighted by Crippen LogP contribution is 2.37. The first-order valence-corrected chi connectivity index (χ1v) is 11.7. The van der Waals surface area contributed by atoms with Gasteiger partial charge in [0.05, 0.1) is 29.9 Å². The zero-order valence-corrected chi connectivity index (χ0v) is 19.4. The molecule has 2 aromatic rings. The Labute approximate surface area is 204 Å². The fourth-order valence-electron chi connectivity index (χ4n) is 4.83. The monoisotopic (exact) mass is 515 g/mol. The lowest BCUT2D eigenvalue weighted by Crippen LogP contribution is -2.62. The number of alkyl halides is 6. The Bertz CT molecular complexity index is 1020. The molecule has 0 aliphatic carbocycles. The molecule has 11 heteroatoms. The summed E-state index contributed by atoms with van der Waals surface area (Å²) in [6.07, 6.45) is -7.73. The van der Waals surface area contributed by atoms with Crippen LogP contribution in [0.4, 0.5) is 31.1 Å². The third-order valence-corrected chi connectivity index (χ3v) is 6.73. The molecule has 1 atom stereocenters. The van der Waals surface area contributed by atoms with Crippen LogP contribution in [0.25, 0.3) is 0 Å². The molecule has 5 nitrogen and oxygen atoms in total. The Morgan fingerprint density at radius 3 is 2.11 bits per heavy atom. The molecule has 4 rings (SSSR count). The second-order valence-electron chi connectivity index (χ2n) is 9.21. The minimum Gasteiger partial charge on any atom is -0.374 e. The standard InChI is InChI=1S/C25H27F6N3O2/c26-24(27,28)19-12-17(13-20(14-19)25(29,30)31)15-36-16-23(18-4-2-1-3-5-18)8-11-34(22(35)33-23)21-6-9-32-10-7-21/h1-5,12-14,21,32H,6-11,15-16H2,(H,33,35). The first-order valence-electron chi connectivity index (χ1n) is 11.7. The quantitative estimate of drug-likeness (QED) is 0.514. The van der Waals surface area contributed by atoms with Gasteiger partial charge in [-0.1, -0.05) is 30.3 Å². The summed E-state index contributed by atoms with van der Waals surface area (Å²) >= 11 is 0. The van der Waals surface area contributed by atoms with Crippen molar-refractivity contribution in [3.05, 3.63) is 70.8 Å². The van der Waals surface area contributed by atoms with Gasteiger partial charge in [0.1, 0.15) is 0 Å². The molecule has 2 saturated heterocycles. The fourth-order valence-corrected chi connectivity index (χ4v) is 4.83. The molecule has 0 radical (unpaired) electrons. The Kier molecular flexibility index (Phi) is 7.51. The number of amides is 2. The van der Waals surface area contributed by atoms with Crippen molar-refractivity contribution in [2.75, 3.05) is 26.2 Å². The van der Waals surface area contributed by atoms with Crippen molar-refractivity contribution in [3.63, 3.8) is 0 Å². The number of nitrogens with zero attached hydrogens (tertiary/aromatic N) is 1. The van der Waals surface area contributed by atoms with Crippen LogP contribution in [0, 0.1) is 0 Å². The normalized spacial score (nSPS) is 21.9. The maximum absolute atomic E-state index is 13.2. The Balaban J connectivity index is 1.53. The molecule has 196 valence electrons. The van der Waals surface area contributed by atoms with Gasteiger partial charge >= 0.3 is 18.4 Å². The van der Waals surface area contributed by atoms with Crippen LogP contribution in [0.1, 0.15) is 41.5 Å². The van der Waals surface area contributed by atoms with Crippen molar-refractivity contribution in [2.45, 2.75) is 49.8 Å². The molecule has 2 N–H and O–H groups in total. The number of rotatable bonds is 6. The maximum atomic E-state index is 13.2. The molecule has 36 heavy (non-hydrogen) atoms. The number of urea groups is 1. The average molecular weight is 515 g/mol. The van der Waals surface area contributed by atoms with Gasteiger partial charge in [0.2, 0.25) is 0 Å². The summed E-state index contributed by atoms with van der Waals surface area (Å²) in [5, 5.41) is 6.29. The van der Waals surface area contributed by atoms with Crippen molar-refractivity contribution in [3.8, 4) is 0 Å². The molecule has 2 aliphatic rings. The number of hydrogen-bond donors (Lipinski definition) is 2. The van der Waals surface area contributed by atoms with Gasteiger partial charge in [-0.15, -0.1) is 0 Å². The molecule has 2 amide bonds. The largest absolute Gasteiger partial charge is 0.416 e. The summed E-state index contributed by atoms with van der Waals surface area (Å²) < 4.78 is 84.9. The highest BCUT2D eigenvalue weighted by Gasteiger charge is 2.42. The SMILES string of the molecule is O=C1NC(COCc2cc(C(F)(F)F)cc(C(F)(F)F)c2)(c2ccccc2)CCN1C1CCNCC1. The number of piperidine rings is 1. The highest BCUT2D eigenvalue weighted by molar-refractivity contribution is 5.77. The average Bonchev–Trinajstić information content (AvgIpc) is 2.84. The Hall–Kier alpha value is -2.79. The van der Waals surface area contributed by atoms with Gasteiger partial charge in [-0.3, -0.25) is 0 Å². The molecule has 2 heterocycles. The van der Waals surface area contributed by atoms with Crippen LogP contribution in [-0.2, 0) is 29.2 Å². The lowest BCUT2D eigenvalue weighted by molar-refractivity contribution is -0.143. The summed E-state index contributed by atoms with van der Waals surface area (Å²) in [4.78, 5) is 14.9. The van der Waals surface area contributed by atoms with E-state index >= 15 is 0 Å². The molecule has 2 aromatic carbocycles. The smallest absolute Gasteiger partial charge is 0.374 e. The molecule has 0 bridgehead atoms. The first kappa shape index (κ1) is 26.3. The van der Waals surface area contributed by atoms with Crippen molar-refractivity contribution in [2.24, 2.45) is 0 Å². The van der Waals surface area contributed by atoms with Gasteiger partial charge in [0.15, 0.2) is 0 Å². The molecular formula is C25H27F6N3O2. The molecule has 2 fully saturated rings. The highest BCUT2D eigenvalue weighted by atomic mass is 19.4. The van der Waals surface area contributed by atoms with E-state index in [0.29, 0.717) is 25.1 Å². The second-order valence-corrected chi connectivity index (χ2v) is 9.21. The van der Waals surface area contributed by atoms with Gasteiger partial charge in [0.25, 0.3) is 0 Å². The number of carbonyl (C=O) groups is 1. The molecule has 0 saturated carbocycles. The van der Waals surface area contributed by atoms with Crippen LogP contribution in [0.2, 0.25) is 0 Å². The van der Waals surface area contributed by atoms with Crippen LogP contribution in [0.3, 0.4) is 0 Å². The molecule has 0 aromatic heterocycles. The summed E-state index contributed by atoms with van der Waals surface area (Å²) in [5.74, 6) is 0. The Morgan fingerprint density at radius 1 is 0.944 bits per heavy atom. The van der Waals surface area contributed by atoms with E-state index in [1.807, 2.05) is 18.2 Å². The van der Waals surface area contributed by atoms with E-state index in [-0.39, 0.29) is 30.3 Å². The molecule has 2 aliphatic heterocycles. The van der Waals surface area contributed by atoms with Crippen LogP contribution in [0.15, 0.2) is 48.5 Å². The minimum atomic E-state index is -4.93.